The fraction of sp³-hybridized carbons (Fsp3) is 0.176. The van der Waals surface area contributed by atoms with Crippen molar-refractivity contribution in [3.8, 4) is 0 Å². The van der Waals surface area contributed by atoms with Gasteiger partial charge in [-0.1, -0.05) is 41.4 Å². The van der Waals surface area contributed by atoms with Crippen molar-refractivity contribution in [2.24, 2.45) is 0 Å². The highest BCUT2D eigenvalue weighted by atomic mass is 35.5. The number of carbonyl (C=O) groups excluding carboxylic acids is 2. The molecule has 1 aliphatic heterocycles. The number of benzene rings is 2. The first-order valence-electron chi connectivity index (χ1n) is 7.23. The van der Waals surface area contributed by atoms with Crippen LogP contribution in [0.2, 0.25) is 5.02 Å². The largest absolute Gasteiger partial charge is 0.338 e. The molecule has 2 aromatic rings. The summed E-state index contributed by atoms with van der Waals surface area (Å²) in [7, 11) is 0. The van der Waals surface area contributed by atoms with E-state index in [4.69, 9.17) is 11.6 Å². The smallest absolute Gasteiger partial charge is 0.258 e. The van der Waals surface area contributed by atoms with Gasteiger partial charge in [0.15, 0.2) is 0 Å². The first-order chi connectivity index (χ1) is 11.0. The van der Waals surface area contributed by atoms with Gasteiger partial charge < -0.3 is 5.32 Å². The van der Waals surface area contributed by atoms with Crippen LogP contribution < -0.4 is 16.2 Å². The number of halogens is 1. The third kappa shape index (κ3) is 3.36. The van der Waals surface area contributed by atoms with E-state index in [1.807, 2.05) is 31.2 Å². The van der Waals surface area contributed by atoms with Crippen LogP contribution >= 0.6 is 11.6 Å². The molecule has 1 aliphatic rings. The molecule has 2 atom stereocenters. The van der Waals surface area contributed by atoms with Gasteiger partial charge in [0.05, 0.1) is 6.04 Å². The molecule has 1 saturated heterocycles. The molecule has 118 valence electrons. The van der Waals surface area contributed by atoms with E-state index in [0.717, 1.165) is 11.1 Å². The van der Waals surface area contributed by atoms with E-state index < -0.39 is 6.04 Å². The molecule has 0 unspecified atom stereocenters. The van der Waals surface area contributed by atoms with Crippen LogP contribution in [0.1, 0.15) is 27.5 Å². The maximum absolute atomic E-state index is 12.4. The summed E-state index contributed by atoms with van der Waals surface area (Å²) in [5, 5.41) is 3.41. The molecule has 0 radical (unpaired) electrons. The number of nitrogens with one attached hydrogen (secondary N) is 3. The second-order valence-corrected chi connectivity index (χ2v) is 5.92. The number of hydrogen-bond donors (Lipinski definition) is 3. The molecule has 0 bridgehead atoms. The minimum Gasteiger partial charge on any atom is -0.338 e. The molecule has 0 spiro atoms. The summed E-state index contributed by atoms with van der Waals surface area (Å²) in [5.41, 5.74) is 7.84. The van der Waals surface area contributed by atoms with Crippen molar-refractivity contribution < 1.29 is 9.59 Å². The van der Waals surface area contributed by atoms with Gasteiger partial charge >= 0.3 is 0 Å². The highest BCUT2D eigenvalue weighted by Crippen LogP contribution is 2.22. The Bertz CT molecular complexity index is 746. The lowest BCUT2D eigenvalue weighted by atomic mass is 10.0. The Morgan fingerprint density at radius 3 is 2.61 bits per heavy atom. The first kappa shape index (κ1) is 15.5. The van der Waals surface area contributed by atoms with Gasteiger partial charge in [-0.15, -0.1) is 0 Å². The van der Waals surface area contributed by atoms with Gasteiger partial charge in [-0.25, -0.2) is 5.43 Å². The summed E-state index contributed by atoms with van der Waals surface area (Å²) < 4.78 is 0. The Morgan fingerprint density at radius 2 is 1.91 bits per heavy atom. The molecule has 3 N–H and O–H groups in total. The third-order valence-electron chi connectivity index (χ3n) is 3.76. The van der Waals surface area contributed by atoms with Crippen molar-refractivity contribution in [3.63, 3.8) is 0 Å². The van der Waals surface area contributed by atoms with Crippen molar-refractivity contribution in [2.45, 2.75) is 19.0 Å². The Balaban J connectivity index is 1.80. The number of carbonyl (C=O) groups is 2. The van der Waals surface area contributed by atoms with Crippen LogP contribution in [0.15, 0.2) is 48.5 Å². The van der Waals surface area contributed by atoms with Crippen molar-refractivity contribution in [3.05, 3.63) is 70.2 Å². The molecule has 0 saturated carbocycles. The fourth-order valence-corrected chi connectivity index (χ4v) is 2.69. The Labute approximate surface area is 139 Å². The summed E-state index contributed by atoms with van der Waals surface area (Å²) in [6.45, 7) is 1.91. The lowest BCUT2D eigenvalue weighted by Gasteiger charge is -2.18. The summed E-state index contributed by atoms with van der Waals surface area (Å²) in [6.07, 6.45) is 0. The van der Waals surface area contributed by atoms with E-state index in [-0.39, 0.29) is 17.9 Å². The monoisotopic (exact) mass is 329 g/mol. The standard InChI is InChI=1S/C17H16ClN3O2/c1-10-3-2-4-12(9-10)16(22)19-15-14(20-21-17(15)23)11-5-7-13(18)8-6-11/h2-9,14-15,20H,1H3,(H,19,22)(H,21,23)/t14-,15+/m0/s1. The molecule has 3 rings (SSSR count). The molecule has 23 heavy (non-hydrogen) atoms. The molecule has 2 aromatic carbocycles. The highest BCUT2D eigenvalue weighted by Gasteiger charge is 2.36. The minimum atomic E-state index is -0.691. The van der Waals surface area contributed by atoms with Crippen LogP contribution in [-0.4, -0.2) is 17.9 Å². The number of hydrogen-bond acceptors (Lipinski definition) is 3. The van der Waals surface area contributed by atoms with Gasteiger partial charge in [0.1, 0.15) is 6.04 Å². The van der Waals surface area contributed by atoms with Crippen LogP contribution in [0, 0.1) is 6.92 Å². The van der Waals surface area contributed by atoms with E-state index in [1.165, 1.54) is 0 Å². The molecule has 5 nitrogen and oxygen atoms in total. The highest BCUT2D eigenvalue weighted by molar-refractivity contribution is 6.30. The minimum absolute atomic E-state index is 0.272. The lowest BCUT2D eigenvalue weighted by molar-refractivity contribution is -0.121. The summed E-state index contributed by atoms with van der Waals surface area (Å²) >= 11 is 5.89. The van der Waals surface area contributed by atoms with Gasteiger partial charge in [0.25, 0.3) is 11.8 Å². The maximum Gasteiger partial charge on any atom is 0.258 e. The zero-order chi connectivity index (χ0) is 16.4. The van der Waals surface area contributed by atoms with Crippen LogP contribution in [0.4, 0.5) is 0 Å². The van der Waals surface area contributed by atoms with Gasteiger partial charge in [-0.05, 0) is 36.8 Å². The average Bonchev–Trinajstić information content (AvgIpc) is 2.89. The molecule has 1 heterocycles. The summed E-state index contributed by atoms with van der Waals surface area (Å²) in [5.74, 6) is -0.553. The number of hydrazine groups is 1. The van der Waals surface area contributed by atoms with Crippen molar-refractivity contribution in [1.29, 1.82) is 0 Å². The average molecular weight is 330 g/mol. The summed E-state index contributed by atoms with van der Waals surface area (Å²) in [4.78, 5) is 24.4. The number of aryl methyl sites for hydroxylation is 1. The van der Waals surface area contributed by atoms with E-state index in [1.54, 1.807) is 24.3 Å². The summed E-state index contributed by atoms with van der Waals surface area (Å²) in [6, 6.07) is 13.3. The molecular formula is C17H16ClN3O2. The second kappa shape index (κ2) is 6.40. The molecule has 1 fully saturated rings. The molecular weight excluding hydrogens is 314 g/mol. The van der Waals surface area contributed by atoms with Crippen LogP contribution in [-0.2, 0) is 4.79 Å². The second-order valence-electron chi connectivity index (χ2n) is 5.48. The van der Waals surface area contributed by atoms with E-state index >= 15 is 0 Å². The fourth-order valence-electron chi connectivity index (χ4n) is 2.57. The SMILES string of the molecule is Cc1cccc(C(=O)N[C@H]2C(=O)NN[C@H]2c2ccc(Cl)cc2)c1. The predicted molar refractivity (Wildman–Crippen MR) is 87.9 cm³/mol. The predicted octanol–water partition coefficient (Wildman–Crippen LogP) is 2.12. The van der Waals surface area contributed by atoms with Gasteiger partial charge in [0, 0.05) is 10.6 Å². The van der Waals surface area contributed by atoms with Crippen molar-refractivity contribution in [1.82, 2.24) is 16.2 Å². The first-order valence-corrected chi connectivity index (χ1v) is 7.61. The van der Waals surface area contributed by atoms with Gasteiger partial charge in [-0.3, -0.25) is 15.0 Å². The van der Waals surface area contributed by atoms with E-state index in [9.17, 15) is 9.59 Å². The molecule has 2 amide bonds. The third-order valence-corrected chi connectivity index (χ3v) is 4.01. The lowest BCUT2D eigenvalue weighted by Crippen LogP contribution is -2.42. The van der Waals surface area contributed by atoms with Crippen molar-refractivity contribution in [2.75, 3.05) is 0 Å². The molecule has 6 heteroatoms. The zero-order valence-corrected chi connectivity index (χ0v) is 13.2. The van der Waals surface area contributed by atoms with Crippen molar-refractivity contribution >= 4 is 23.4 Å². The molecule has 0 aromatic heterocycles. The van der Waals surface area contributed by atoms with Crippen LogP contribution in [0.5, 0.6) is 0 Å². The van der Waals surface area contributed by atoms with Gasteiger partial charge in [0.2, 0.25) is 0 Å². The Kier molecular flexibility index (Phi) is 4.32. The topological polar surface area (TPSA) is 70.2 Å². The van der Waals surface area contributed by atoms with Gasteiger partial charge in [-0.2, -0.15) is 0 Å². The Hall–Kier alpha value is -2.37. The maximum atomic E-state index is 12.4. The zero-order valence-electron chi connectivity index (χ0n) is 12.5. The Morgan fingerprint density at radius 1 is 1.17 bits per heavy atom. The van der Waals surface area contributed by atoms with E-state index in [2.05, 4.69) is 16.2 Å². The normalized spacial score (nSPS) is 20.2. The molecule has 0 aliphatic carbocycles. The van der Waals surface area contributed by atoms with Crippen LogP contribution in [0.3, 0.4) is 0 Å². The number of rotatable bonds is 3. The quantitative estimate of drug-likeness (QED) is 0.808. The van der Waals surface area contributed by atoms with Crippen LogP contribution in [0.25, 0.3) is 0 Å². The number of amides is 2. The van der Waals surface area contributed by atoms with E-state index in [0.29, 0.717) is 10.6 Å².